The summed E-state index contributed by atoms with van der Waals surface area (Å²) in [6, 6.07) is 16.8. The number of aryl methyl sites for hydroxylation is 2. The zero-order valence-electron chi connectivity index (χ0n) is 17.7. The van der Waals surface area contributed by atoms with Crippen molar-refractivity contribution in [3.05, 3.63) is 71.8 Å². The first-order valence-corrected chi connectivity index (χ1v) is 10.8. The number of pyridine rings is 1. The van der Waals surface area contributed by atoms with Crippen molar-refractivity contribution in [3.63, 3.8) is 0 Å². The summed E-state index contributed by atoms with van der Waals surface area (Å²) in [5.41, 5.74) is 3.11. The number of carbonyl (C=O) groups excluding carboxylic acids is 1. The number of nitrogens with zero attached hydrogens (tertiary/aromatic N) is 3. The molecule has 0 aliphatic heterocycles. The lowest BCUT2D eigenvalue weighted by atomic mass is 10.2. The molecule has 0 unspecified atom stereocenters. The van der Waals surface area contributed by atoms with Gasteiger partial charge in [0.2, 0.25) is 11.7 Å². The number of para-hydroxylation sites is 2. The number of hydrogen-bond acceptors (Lipinski definition) is 3. The molecule has 2 aromatic heterocycles. The number of imidazole rings is 1. The van der Waals surface area contributed by atoms with Crippen LogP contribution in [0, 0.1) is 5.21 Å². The summed E-state index contributed by atoms with van der Waals surface area (Å²) < 4.78 is 3.11. The summed E-state index contributed by atoms with van der Waals surface area (Å²) in [4.78, 5) is 16.9. The van der Waals surface area contributed by atoms with Gasteiger partial charge >= 0.3 is 6.03 Å². The quantitative estimate of drug-likeness (QED) is 0.253. The van der Waals surface area contributed by atoms with Gasteiger partial charge in [-0.3, -0.25) is 0 Å². The van der Waals surface area contributed by atoms with E-state index in [2.05, 4.69) is 22.1 Å². The number of urea groups is 1. The summed E-state index contributed by atoms with van der Waals surface area (Å²) in [5.74, 6) is 0.988. The Morgan fingerprint density at radius 3 is 2.68 bits per heavy atom. The number of benzene rings is 2. The normalized spacial score (nSPS) is 11.1. The van der Waals surface area contributed by atoms with Gasteiger partial charge in [-0.15, -0.1) is 0 Å². The minimum atomic E-state index is -0.217. The molecule has 2 aromatic carbocycles. The van der Waals surface area contributed by atoms with Gasteiger partial charge in [-0.25, -0.2) is 9.78 Å². The van der Waals surface area contributed by atoms with Crippen molar-refractivity contribution in [2.75, 3.05) is 11.9 Å². The highest BCUT2D eigenvalue weighted by atomic mass is 16.5. The van der Waals surface area contributed by atoms with E-state index < -0.39 is 0 Å². The van der Waals surface area contributed by atoms with Crippen molar-refractivity contribution in [1.82, 2.24) is 14.9 Å². The molecule has 0 atom stereocenters. The first-order valence-electron chi connectivity index (χ1n) is 10.8. The molecule has 31 heavy (non-hydrogen) atoms. The Bertz CT molecular complexity index is 1190. The van der Waals surface area contributed by atoms with E-state index in [0.29, 0.717) is 18.6 Å². The monoisotopic (exact) mass is 417 g/mol. The molecular formula is C24H27N5O2. The first-order chi connectivity index (χ1) is 15.2. The standard InChI is InChI=1S/C24H27N5O2/c1-2-3-14-22-27-20-17-29(31)21-13-8-7-12-19(21)23(20)28(22)16-9-15-25-24(30)26-18-10-5-4-6-11-18/h4-8,10-13,17H,2-3,9,14-16H2,1H3,(H2,25,26,30). The van der Waals surface area contributed by atoms with E-state index >= 15 is 0 Å². The van der Waals surface area contributed by atoms with E-state index in [1.54, 1.807) is 6.20 Å². The summed E-state index contributed by atoms with van der Waals surface area (Å²) in [5, 5.41) is 19.1. The van der Waals surface area contributed by atoms with E-state index in [1.807, 2.05) is 54.6 Å². The second-order valence-corrected chi connectivity index (χ2v) is 7.59. The molecule has 0 radical (unpaired) electrons. The molecule has 4 rings (SSSR count). The second kappa shape index (κ2) is 9.47. The van der Waals surface area contributed by atoms with Crippen LogP contribution in [-0.2, 0) is 13.0 Å². The summed E-state index contributed by atoms with van der Waals surface area (Å²) in [7, 11) is 0. The van der Waals surface area contributed by atoms with Crippen LogP contribution in [0.5, 0.6) is 0 Å². The average molecular weight is 418 g/mol. The van der Waals surface area contributed by atoms with Crippen molar-refractivity contribution < 1.29 is 9.52 Å². The first kappa shape index (κ1) is 20.7. The van der Waals surface area contributed by atoms with E-state index in [4.69, 9.17) is 4.98 Å². The Kier molecular flexibility index (Phi) is 6.31. The molecule has 160 valence electrons. The number of aromatic nitrogens is 3. The fraction of sp³-hybridized carbons (Fsp3) is 0.292. The number of carbonyl (C=O) groups is 1. The number of unbranched alkanes of at least 4 members (excludes halogenated alkanes) is 1. The van der Waals surface area contributed by atoms with Crippen LogP contribution in [0.25, 0.3) is 21.9 Å². The van der Waals surface area contributed by atoms with Gasteiger partial charge in [-0.1, -0.05) is 43.7 Å². The van der Waals surface area contributed by atoms with Crippen molar-refractivity contribution in [1.29, 1.82) is 0 Å². The van der Waals surface area contributed by atoms with Crippen molar-refractivity contribution in [2.24, 2.45) is 0 Å². The molecule has 7 heteroatoms. The van der Waals surface area contributed by atoms with Crippen molar-refractivity contribution in [3.8, 4) is 0 Å². The third-order valence-electron chi connectivity index (χ3n) is 5.34. The number of nitrogens with one attached hydrogen (secondary N) is 2. The highest BCUT2D eigenvalue weighted by molar-refractivity contribution is 6.00. The minimum absolute atomic E-state index is 0.217. The molecule has 0 aliphatic rings. The Balaban J connectivity index is 1.51. The van der Waals surface area contributed by atoms with Crippen LogP contribution in [0.4, 0.5) is 10.5 Å². The average Bonchev–Trinajstić information content (AvgIpc) is 3.13. The second-order valence-electron chi connectivity index (χ2n) is 7.59. The predicted molar refractivity (Wildman–Crippen MR) is 123 cm³/mol. The van der Waals surface area contributed by atoms with Crippen LogP contribution >= 0.6 is 0 Å². The Labute approximate surface area is 181 Å². The van der Waals surface area contributed by atoms with Gasteiger partial charge < -0.3 is 20.4 Å². The maximum absolute atomic E-state index is 12.4. The largest absolute Gasteiger partial charge is 0.618 e. The fourth-order valence-electron chi connectivity index (χ4n) is 3.84. The highest BCUT2D eigenvalue weighted by Crippen LogP contribution is 2.25. The van der Waals surface area contributed by atoms with E-state index in [-0.39, 0.29) is 6.03 Å². The van der Waals surface area contributed by atoms with E-state index in [0.717, 1.165) is 58.3 Å². The Morgan fingerprint density at radius 2 is 1.87 bits per heavy atom. The number of fused-ring (bicyclic) bond motifs is 3. The smallest absolute Gasteiger partial charge is 0.319 e. The van der Waals surface area contributed by atoms with Crippen LogP contribution in [0.1, 0.15) is 32.0 Å². The molecule has 0 bridgehead atoms. The molecule has 2 amide bonds. The lowest BCUT2D eigenvalue weighted by molar-refractivity contribution is -0.575. The van der Waals surface area contributed by atoms with Gasteiger partial charge in [-0.2, -0.15) is 4.73 Å². The molecule has 2 N–H and O–H groups in total. The molecule has 0 aliphatic carbocycles. The Hall–Kier alpha value is -3.61. The number of hydrogen-bond donors (Lipinski definition) is 2. The number of amides is 2. The van der Waals surface area contributed by atoms with Gasteiger partial charge in [-0.05, 0) is 31.0 Å². The molecule has 0 saturated carbocycles. The van der Waals surface area contributed by atoms with Gasteiger partial charge in [0.15, 0.2) is 5.52 Å². The molecule has 0 spiro atoms. The predicted octanol–water partition coefficient (Wildman–Crippen LogP) is 4.38. The van der Waals surface area contributed by atoms with Crippen LogP contribution in [0.15, 0.2) is 60.8 Å². The van der Waals surface area contributed by atoms with Gasteiger partial charge in [0.1, 0.15) is 5.82 Å². The van der Waals surface area contributed by atoms with Crippen molar-refractivity contribution in [2.45, 2.75) is 39.2 Å². The van der Waals surface area contributed by atoms with Gasteiger partial charge in [0, 0.05) is 31.3 Å². The molecule has 0 fully saturated rings. The maximum atomic E-state index is 12.4. The van der Waals surface area contributed by atoms with Crippen molar-refractivity contribution >= 4 is 33.7 Å². The zero-order chi connectivity index (χ0) is 21.6. The fourth-order valence-corrected chi connectivity index (χ4v) is 3.84. The van der Waals surface area contributed by atoms with Crippen LogP contribution < -0.4 is 15.4 Å². The highest BCUT2D eigenvalue weighted by Gasteiger charge is 2.18. The Morgan fingerprint density at radius 1 is 1.10 bits per heavy atom. The lowest BCUT2D eigenvalue weighted by Gasteiger charge is -2.12. The minimum Gasteiger partial charge on any atom is -0.618 e. The molecular weight excluding hydrogens is 390 g/mol. The third-order valence-corrected chi connectivity index (χ3v) is 5.34. The van der Waals surface area contributed by atoms with Gasteiger partial charge in [0.05, 0.1) is 10.9 Å². The van der Waals surface area contributed by atoms with E-state index in [1.165, 1.54) is 0 Å². The third kappa shape index (κ3) is 4.60. The maximum Gasteiger partial charge on any atom is 0.319 e. The number of anilines is 1. The molecule has 0 saturated heterocycles. The van der Waals surface area contributed by atoms with Gasteiger partial charge in [0.25, 0.3) is 0 Å². The number of rotatable bonds is 8. The van der Waals surface area contributed by atoms with Crippen LogP contribution in [0.2, 0.25) is 0 Å². The molecule has 2 heterocycles. The zero-order valence-corrected chi connectivity index (χ0v) is 17.7. The SMILES string of the molecule is CCCCc1nc2c[n+]([O-])c3ccccc3c2n1CCCNC(=O)Nc1ccccc1. The lowest BCUT2D eigenvalue weighted by Crippen LogP contribution is -2.30. The summed E-state index contributed by atoms with van der Waals surface area (Å²) >= 11 is 0. The van der Waals surface area contributed by atoms with Crippen LogP contribution in [0.3, 0.4) is 0 Å². The van der Waals surface area contributed by atoms with Crippen LogP contribution in [-0.4, -0.2) is 22.1 Å². The molecule has 4 aromatic rings. The summed E-state index contributed by atoms with van der Waals surface area (Å²) in [6.45, 7) is 3.41. The molecule has 7 nitrogen and oxygen atoms in total. The van der Waals surface area contributed by atoms with E-state index in [9.17, 15) is 10.0 Å². The summed E-state index contributed by atoms with van der Waals surface area (Å²) in [6.07, 6.45) is 5.30. The topological polar surface area (TPSA) is 85.9 Å².